The standard InChI is InChI=1S/C9H17NO3/c1-4-9(5-2,6-3)10-7(11)8(12)13/h4-6H2,1-3H3,(H,10,11)(H,12,13). The van der Waals surface area contributed by atoms with Gasteiger partial charge in [0.2, 0.25) is 0 Å². The van der Waals surface area contributed by atoms with Gasteiger partial charge in [0.05, 0.1) is 0 Å². The zero-order valence-corrected chi connectivity index (χ0v) is 8.39. The van der Waals surface area contributed by atoms with Crippen LogP contribution in [0.25, 0.3) is 0 Å². The number of amides is 1. The summed E-state index contributed by atoms with van der Waals surface area (Å²) in [5, 5.41) is 11.0. The van der Waals surface area contributed by atoms with Crippen molar-refractivity contribution in [2.24, 2.45) is 0 Å². The van der Waals surface area contributed by atoms with E-state index in [0.717, 1.165) is 19.3 Å². The maximum Gasteiger partial charge on any atom is 0.394 e. The van der Waals surface area contributed by atoms with Gasteiger partial charge in [0.1, 0.15) is 0 Å². The Bertz CT molecular complexity index is 189. The van der Waals surface area contributed by atoms with Gasteiger partial charge in [0.25, 0.3) is 0 Å². The monoisotopic (exact) mass is 187 g/mol. The number of carbonyl (C=O) groups is 2. The number of carboxylic acid groups (broad SMARTS) is 1. The van der Waals surface area contributed by atoms with E-state index in [9.17, 15) is 9.59 Å². The van der Waals surface area contributed by atoms with E-state index >= 15 is 0 Å². The van der Waals surface area contributed by atoms with Crippen LogP contribution < -0.4 is 5.32 Å². The first-order chi connectivity index (χ1) is 6.01. The number of hydrogen-bond acceptors (Lipinski definition) is 2. The molecule has 13 heavy (non-hydrogen) atoms. The first-order valence-corrected chi connectivity index (χ1v) is 4.56. The van der Waals surface area contributed by atoms with Crippen LogP contribution in [0.4, 0.5) is 0 Å². The molecule has 0 saturated carbocycles. The van der Waals surface area contributed by atoms with Crippen molar-refractivity contribution >= 4 is 11.9 Å². The summed E-state index contributed by atoms with van der Waals surface area (Å²) >= 11 is 0. The highest BCUT2D eigenvalue weighted by atomic mass is 16.4. The van der Waals surface area contributed by atoms with E-state index in [1.54, 1.807) is 0 Å². The van der Waals surface area contributed by atoms with Crippen molar-refractivity contribution < 1.29 is 14.7 Å². The fourth-order valence-corrected chi connectivity index (χ4v) is 1.31. The van der Waals surface area contributed by atoms with Gasteiger partial charge in [-0.3, -0.25) is 4.79 Å². The molecule has 1 amide bonds. The smallest absolute Gasteiger partial charge is 0.394 e. The molecule has 0 spiro atoms. The summed E-state index contributed by atoms with van der Waals surface area (Å²) in [6, 6.07) is 0. The quantitative estimate of drug-likeness (QED) is 0.649. The van der Waals surface area contributed by atoms with Gasteiger partial charge in [-0.15, -0.1) is 0 Å². The van der Waals surface area contributed by atoms with Gasteiger partial charge in [-0.2, -0.15) is 0 Å². The number of aliphatic carboxylic acids is 1. The molecule has 0 fully saturated rings. The van der Waals surface area contributed by atoms with Crippen LogP contribution in [0, 0.1) is 0 Å². The van der Waals surface area contributed by atoms with Crippen molar-refractivity contribution in [2.45, 2.75) is 45.6 Å². The fourth-order valence-electron chi connectivity index (χ4n) is 1.31. The van der Waals surface area contributed by atoms with Crippen LogP contribution in [0.1, 0.15) is 40.0 Å². The Balaban J connectivity index is 4.42. The molecule has 4 heteroatoms. The maximum atomic E-state index is 10.9. The summed E-state index contributed by atoms with van der Waals surface area (Å²) in [6.45, 7) is 5.82. The van der Waals surface area contributed by atoms with E-state index in [-0.39, 0.29) is 5.54 Å². The molecule has 0 aromatic heterocycles. The SMILES string of the molecule is CCC(CC)(CC)NC(=O)C(=O)O. The molecule has 0 unspecified atom stereocenters. The van der Waals surface area contributed by atoms with Crippen molar-refractivity contribution in [3.8, 4) is 0 Å². The van der Waals surface area contributed by atoms with Gasteiger partial charge < -0.3 is 10.4 Å². The number of carboxylic acids is 1. The Morgan fingerprint density at radius 1 is 1.15 bits per heavy atom. The highest BCUT2D eigenvalue weighted by Crippen LogP contribution is 2.18. The summed E-state index contributed by atoms with van der Waals surface area (Å²) in [6.07, 6.45) is 2.25. The summed E-state index contributed by atoms with van der Waals surface area (Å²) in [5.74, 6) is -2.33. The maximum absolute atomic E-state index is 10.9. The minimum atomic E-state index is -1.42. The van der Waals surface area contributed by atoms with Crippen LogP contribution in [-0.2, 0) is 9.59 Å². The Morgan fingerprint density at radius 2 is 1.54 bits per heavy atom. The second-order valence-corrected chi connectivity index (χ2v) is 3.10. The van der Waals surface area contributed by atoms with Crippen molar-refractivity contribution in [1.29, 1.82) is 0 Å². The van der Waals surface area contributed by atoms with Gasteiger partial charge in [0.15, 0.2) is 0 Å². The number of nitrogens with one attached hydrogen (secondary N) is 1. The van der Waals surface area contributed by atoms with Crippen molar-refractivity contribution in [3.63, 3.8) is 0 Å². The lowest BCUT2D eigenvalue weighted by atomic mass is 9.90. The third kappa shape index (κ3) is 3.05. The lowest BCUT2D eigenvalue weighted by molar-refractivity contribution is -0.151. The summed E-state index contributed by atoms with van der Waals surface area (Å²) < 4.78 is 0. The molecule has 4 nitrogen and oxygen atoms in total. The second kappa shape index (κ2) is 4.84. The molecular weight excluding hydrogens is 170 g/mol. The van der Waals surface area contributed by atoms with E-state index in [0.29, 0.717) is 0 Å². The first-order valence-electron chi connectivity index (χ1n) is 4.56. The molecule has 0 heterocycles. The van der Waals surface area contributed by atoms with Crippen molar-refractivity contribution in [3.05, 3.63) is 0 Å². The third-order valence-electron chi connectivity index (χ3n) is 2.60. The molecule has 2 N–H and O–H groups in total. The Labute approximate surface area is 78.3 Å². The van der Waals surface area contributed by atoms with Crippen LogP contribution in [0.2, 0.25) is 0 Å². The molecule has 0 aromatic carbocycles. The second-order valence-electron chi connectivity index (χ2n) is 3.10. The molecule has 0 saturated heterocycles. The number of hydrogen-bond donors (Lipinski definition) is 2. The van der Waals surface area contributed by atoms with Gasteiger partial charge in [-0.1, -0.05) is 20.8 Å². The van der Waals surface area contributed by atoms with Gasteiger partial charge in [-0.05, 0) is 19.3 Å². The molecule has 0 radical (unpaired) electrons. The first kappa shape index (κ1) is 11.9. The zero-order chi connectivity index (χ0) is 10.5. The Hall–Kier alpha value is -1.06. The molecule has 76 valence electrons. The Morgan fingerprint density at radius 3 is 1.77 bits per heavy atom. The van der Waals surface area contributed by atoms with Crippen LogP contribution in [-0.4, -0.2) is 22.5 Å². The van der Waals surface area contributed by atoms with Gasteiger partial charge >= 0.3 is 11.9 Å². The van der Waals surface area contributed by atoms with E-state index in [4.69, 9.17) is 5.11 Å². The molecule has 0 atom stereocenters. The van der Waals surface area contributed by atoms with Crippen LogP contribution in [0.5, 0.6) is 0 Å². The molecule has 0 aromatic rings. The largest absolute Gasteiger partial charge is 0.474 e. The molecule has 0 aliphatic carbocycles. The number of carbonyl (C=O) groups excluding carboxylic acids is 1. The van der Waals surface area contributed by atoms with Crippen LogP contribution >= 0.6 is 0 Å². The van der Waals surface area contributed by atoms with E-state index in [1.165, 1.54) is 0 Å². The topological polar surface area (TPSA) is 66.4 Å². The average Bonchev–Trinajstić information content (AvgIpc) is 2.14. The number of rotatable bonds is 4. The van der Waals surface area contributed by atoms with Crippen molar-refractivity contribution in [1.82, 2.24) is 5.32 Å². The van der Waals surface area contributed by atoms with E-state index < -0.39 is 11.9 Å². The highest BCUT2D eigenvalue weighted by molar-refractivity contribution is 6.31. The van der Waals surface area contributed by atoms with Crippen molar-refractivity contribution in [2.75, 3.05) is 0 Å². The van der Waals surface area contributed by atoms with E-state index in [1.807, 2.05) is 20.8 Å². The minimum absolute atomic E-state index is 0.352. The predicted octanol–water partition coefficient (Wildman–Crippen LogP) is 1.16. The molecule has 0 rings (SSSR count). The predicted molar refractivity (Wildman–Crippen MR) is 49.4 cm³/mol. The van der Waals surface area contributed by atoms with Gasteiger partial charge in [-0.25, -0.2) is 4.79 Å². The summed E-state index contributed by atoms with van der Waals surface area (Å²) in [7, 11) is 0. The molecule has 0 bridgehead atoms. The molecule has 0 aliphatic heterocycles. The zero-order valence-electron chi connectivity index (χ0n) is 8.39. The fraction of sp³-hybridized carbons (Fsp3) is 0.778. The molecule has 0 aliphatic rings. The van der Waals surface area contributed by atoms with Crippen LogP contribution in [0.15, 0.2) is 0 Å². The third-order valence-corrected chi connectivity index (χ3v) is 2.60. The molecular formula is C9H17NO3. The normalized spacial score (nSPS) is 11.0. The lowest BCUT2D eigenvalue weighted by Crippen LogP contribution is -2.49. The highest BCUT2D eigenvalue weighted by Gasteiger charge is 2.28. The minimum Gasteiger partial charge on any atom is -0.474 e. The van der Waals surface area contributed by atoms with Crippen LogP contribution in [0.3, 0.4) is 0 Å². The van der Waals surface area contributed by atoms with E-state index in [2.05, 4.69) is 5.32 Å². The lowest BCUT2D eigenvalue weighted by Gasteiger charge is -2.30. The van der Waals surface area contributed by atoms with Gasteiger partial charge in [0, 0.05) is 5.54 Å². The summed E-state index contributed by atoms with van der Waals surface area (Å²) in [4.78, 5) is 21.2. The average molecular weight is 187 g/mol. The summed E-state index contributed by atoms with van der Waals surface area (Å²) in [5.41, 5.74) is -0.352. The Kier molecular flexibility index (Phi) is 4.45.